The highest BCUT2D eigenvalue weighted by Gasteiger charge is 2.30. The highest BCUT2D eigenvalue weighted by atomic mass is 35.5. The number of hydrogen-bond acceptors (Lipinski definition) is 2. The minimum absolute atomic E-state index is 0.181. The summed E-state index contributed by atoms with van der Waals surface area (Å²) in [6.45, 7) is 4.31. The maximum atomic E-state index is 6.41. The summed E-state index contributed by atoms with van der Waals surface area (Å²) in [7, 11) is 0. The number of nitrogens with zero attached hydrogens (tertiary/aromatic N) is 1. The number of hydrogen-bond donors (Lipinski definition) is 1. The lowest BCUT2D eigenvalue weighted by Crippen LogP contribution is -2.36. The van der Waals surface area contributed by atoms with Crippen LogP contribution in [-0.2, 0) is 0 Å². The lowest BCUT2D eigenvalue weighted by Gasteiger charge is -2.26. The Bertz CT molecular complexity index is 581. The summed E-state index contributed by atoms with van der Waals surface area (Å²) in [5, 5.41) is 3.39. The highest BCUT2D eigenvalue weighted by molar-refractivity contribution is 6.24. The predicted molar refractivity (Wildman–Crippen MR) is 82.8 cm³/mol. The first-order chi connectivity index (χ1) is 9.18. The van der Waals surface area contributed by atoms with Crippen LogP contribution in [0.4, 0.5) is 11.4 Å². The molecule has 98 valence electrons. The van der Waals surface area contributed by atoms with E-state index in [4.69, 9.17) is 11.6 Å². The predicted octanol–water partition coefficient (Wildman–Crippen LogP) is 4.52. The zero-order valence-electron chi connectivity index (χ0n) is 11.1. The molecule has 0 radical (unpaired) electrons. The standard InChI is InChI=1S/C16H17ClN2/c1-11(2)19-14-10-6-9-13(15(14)18-16(19)17)12-7-4-3-5-8-12/h3-11,16,18H,1-2H3. The molecule has 0 bridgehead atoms. The van der Waals surface area contributed by atoms with E-state index in [2.05, 4.69) is 66.5 Å². The molecule has 0 saturated heterocycles. The van der Waals surface area contributed by atoms with Crippen LogP contribution in [0, 0.1) is 0 Å². The molecule has 0 amide bonds. The zero-order chi connectivity index (χ0) is 13.4. The molecule has 3 heteroatoms. The number of nitrogens with one attached hydrogen (secondary N) is 1. The Morgan fingerprint density at radius 1 is 1.05 bits per heavy atom. The quantitative estimate of drug-likeness (QED) is 0.639. The third-order valence-electron chi connectivity index (χ3n) is 3.47. The maximum Gasteiger partial charge on any atom is 0.178 e. The molecule has 1 N–H and O–H groups in total. The largest absolute Gasteiger partial charge is 0.350 e. The summed E-state index contributed by atoms with van der Waals surface area (Å²) in [6.07, 6.45) is 0. The minimum Gasteiger partial charge on any atom is -0.350 e. The molecule has 1 aliphatic heterocycles. The Kier molecular flexibility index (Phi) is 3.11. The van der Waals surface area contributed by atoms with Gasteiger partial charge in [0, 0.05) is 11.6 Å². The van der Waals surface area contributed by atoms with Crippen molar-refractivity contribution in [2.24, 2.45) is 0 Å². The lowest BCUT2D eigenvalue weighted by atomic mass is 10.0. The van der Waals surface area contributed by atoms with Crippen LogP contribution in [0.25, 0.3) is 11.1 Å². The smallest absolute Gasteiger partial charge is 0.178 e. The lowest BCUT2D eigenvalue weighted by molar-refractivity contribution is 0.700. The summed E-state index contributed by atoms with van der Waals surface area (Å²) < 4.78 is 0. The van der Waals surface area contributed by atoms with Crippen molar-refractivity contribution >= 4 is 23.0 Å². The van der Waals surface area contributed by atoms with Crippen molar-refractivity contribution < 1.29 is 0 Å². The van der Waals surface area contributed by atoms with Gasteiger partial charge in [0.25, 0.3) is 0 Å². The molecular weight excluding hydrogens is 256 g/mol. The van der Waals surface area contributed by atoms with Crippen LogP contribution in [-0.4, -0.2) is 11.7 Å². The van der Waals surface area contributed by atoms with Crippen LogP contribution in [0.15, 0.2) is 48.5 Å². The number of para-hydroxylation sites is 1. The van der Waals surface area contributed by atoms with Crippen molar-refractivity contribution in [3.8, 4) is 11.1 Å². The highest BCUT2D eigenvalue weighted by Crippen LogP contribution is 2.43. The molecule has 1 aliphatic rings. The van der Waals surface area contributed by atoms with Gasteiger partial charge in [-0.25, -0.2) is 0 Å². The van der Waals surface area contributed by atoms with Gasteiger partial charge in [0.1, 0.15) is 0 Å². The molecule has 19 heavy (non-hydrogen) atoms. The fraction of sp³-hybridized carbons (Fsp3) is 0.250. The SMILES string of the molecule is CC(C)N1c2cccc(-c3ccccc3)c2NC1Cl. The first-order valence-corrected chi connectivity index (χ1v) is 6.99. The molecule has 0 spiro atoms. The summed E-state index contributed by atoms with van der Waals surface area (Å²) in [6, 6.07) is 17.1. The third kappa shape index (κ3) is 2.06. The fourth-order valence-electron chi connectivity index (χ4n) is 2.62. The molecule has 1 atom stereocenters. The molecule has 0 fully saturated rings. The normalized spacial score (nSPS) is 17.5. The maximum absolute atomic E-state index is 6.41. The van der Waals surface area contributed by atoms with Gasteiger partial charge in [-0.1, -0.05) is 54.1 Å². The number of benzene rings is 2. The fourth-order valence-corrected chi connectivity index (χ4v) is 3.06. The number of anilines is 2. The van der Waals surface area contributed by atoms with E-state index in [1.54, 1.807) is 0 Å². The van der Waals surface area contributed by atoms with E-state index >= 15 is 0 Å². The number of halogens is 1. The summed E-state index contributed by atoms with van der Waals surface area (Å²) in [4.78, 5) is 2.20. The minimum atomic E-state index is -0.181. The summed E-state index contributed by atoms with van der Waals surface area (Å²) in [5.74, 6) is 0. The van der Waals surface area contributed by atoms with Crippen molar-refractivity contribution in [3.05, 3.63) is 48.5 Å². The summed E-state index contributed by atoms with van der Waals surface area (Å²) in [5.41, 5.74) is 4.53. The molecule has 1 heterocycles. The first kappa shape index (κ1) is 12.4. The topological polar surface area (TPSA) is 15.3 Å². The Morgan fingerprint density at radius 3 is 2.47 bits per heavy atom. The van der Waals surface area contributed by atoms with Crippen molar-refractivity contribution in [2.75, 3.05) is 10.2 Å². The average molecular weight is 273 g/mol. The first-order valence-electron chi connectivity index (χ1n) is 6.56. The van der Waals surface area contributed by atoms with Crippen LogP contribution in [0.3, 0.4) is 0 Å². The van der Waals surface area contributed by atoms with E-state index in [9.17, 15) is 0 Å². The van der Waals surface area contributed by atoms with Crippen LogP contribution in [0.1, 0.15) is 13.8 Å². The van der Waals surface area contributed by atoms with Gasteiger partial charge < -0.3 is 10.2 Å². The second-order valence-electron chi connectivity index (χ2n) is 5.05. The van der Waals surface area contributed by atoms with Gasteiger partial charge >= 0.3 is 0 Å². The van der Waals surface area contributed by atoms with Gasteiger partial charge in [-0.05, 0) is 25.5 Å². The molecule has 2 aromatic carbocycles. The van der Waals surface area contributed by atoms with Crippen LogP contribution >= 0.6 is 11.6 Å². The van der Waals surface area contributed by atoms with Crippen molar-refractivity contribution in [1.29, 1.82) is 0 Å². The van der Waals surface area contributed by atoms with Gasteiger partial charge in [0.05, 0.1) is 11.4 Å². The average Bonchev–Trinajstić information content (AvgIpc) is 2.75. The Balaban J connectivity index is 2.12. The zero-order valence-corrected chi connectivity index (χ0v) is 11.9. The van der Waals surface area contributed by atoms with E-state index in [0.29, 0.717) is 6.04 Å². The molecule has 0 aliphatic carbocycles. The number of rotatable bonds is 2. The van der Waals surface area contributed by atoms with E-state index in [1.807, 2.05) is 6.07 Å². The molecule has 2 nitrogen and oxygen atoms in total. The van der Waals surface area contributed by atoms with Gasteiger partial charge in [-0.3, -0.25) is 0 Å². The summed E-state index contributed by atoms with van der Waals surface area (Å²) >= 11 is 6.41. The van der Waals surface area contributed by atoms with Crippen LogP contribution < -0.4 is 10.2 Å². The Hall–Kier alpha value is -1.67. The number of alkyl halides is 1. The van der Waals surface area contributed by atoms with Crippen molar-refractivity contribution in [1.82, 2.24) is 0 Å². The molecule has 1 unspecified atom stereocenters. The van der Waals surface area contributed by atoms with Crippen LogP contribution in [0.2, 0.25) is 0 Å². The second-order valence-corrected chi connectivity index (χ2v) is 5.46. The van der Waals surface area contributed by atoms with E-state index in [1.165, 1.54) is 16.8 Å². The van der Waals surface area contributed by atoms with Crippen LogP contribution in [0.5, 0.6) is 0 Å². The van der Waals surface area contributed by atoms with Crippen molar-refractivity contribution in [2.45, 2.75) is 25.5 Å². The Morgan fingerprint density at radius 2 is 1.79 bits per heavy atom. The van der Waals surface area contributed by atoms with E-state index in [-0.39, 0.29) is 5.62 Å². The molecular formula is C16H17ClN2. The molecule has 0 aromatic heterocycles. The monoisotopic (exact) mass is 272 g/mol. The molecule has 3 rings (SSSR count). The van der Waals surface area contributed by atoms with Gasteiger partial charge in [-0.15, -0.1) is 0 Å². The van der Waals surface area contributed by atoms with Gasteiger partial charge in [0.15, 0.2) is 5.62 Å². The van der Waals surface area contributed by atoms with E-state index in [0.717, 1.165) is 5.69 Å². The second kappa shape index (κ2) is 4.78. The Labute approximate surface area is 119 Å². The third-order valence-corrected chi connectivity index (χ3v) is 3.79. The van der Waals surface area contributed by atoms with Crippen molar-refractivity contribution in [3.63, 3.8) is 0 Å². The molecule has 0 saturated carbocycles. The van der Waals surface area contributed by atoms with Gasteiger partial charge in [-0.2, -0.15) is 0 Å². The van der Waals surface area contributed by atoms with E-state index < -0.39 is 0 Å². The number of fused-ring (bicyclic) bond motifs is 1. The molecule has 2 aromatic rings. The van der Waals surface area contributed by atoms with Gasteiger partial charge in [0.2, 0.25) is 0 Å².